The van der Waals surface area contributed by atoms with Gasteiger partial charge in [-0.3, -0.25) is 15.8 Å². The summed E-state index contributed by atoms with van der Waals surface area (Å²) in [7, 11) is 0. The van der Waals surface area contributed by atoms with Gasteiger partial charge in [0.25, 0.3) is 0 Å². The molecule has 0 spiro atoms. The molecule has 0 aliphatic rings. The zero-order valence-corrected chi connectivity index (χ0v) is 9.40. The standard InChI is InChI=1S/C10H18N4O/c1-10(2,3)15-7-9(14-11)8-6-12-4-5-13-8/h4-6,9,14H,7,11H2,1-3H3. The first-order valence-corrected chi connectivity index (χ1v) is 4.89. The van der Waals surface area contributed by atoms with E-state index in [0.717, 1.165) is 5.69 Å². The Kier molecular flexibility index (Phi) is 4.14. The van der Waals surface area contributed by atoms with Crippen molar-refractivity contribution < 1.29 is 4.74 Å². The summed E-state index contributed by atoms with van der Waals surface area (Å²) in [6.45, 7) is 6.46. The molecule has 1 unspecified atom stereocenters. The highest BCUT2D eigenvalue weighted by molar-refractivity contribution is 5.01. The first-order valence-electron chi connectivity index (χ1n) is 4.89. The van der Waals surface area contributed by atoms with Crippen molar-refractivity contribution in [3.63, 3.8) is 0 Å². The minimum absolute atomic E-state index is 0.127. The fourth-order valence-electron chi connectivity index (χ4n) is 1.04. The van der Waals surface area contributed by atoms with Crippen LogP contribution in [-0.4, -0.2) is 22.2 Å². The topological polar surface area (TPSA) is 73.1 Å². The Bertz CT molecular complexity index is 283. The molecule has 1 aromatic heterocycles. The van der Waals surface area contributed by atoms with Crippen LogP contribution >= 0.6 is 0 Å². The first kappa shape index (κ1) is 12.0. The van der Waals surface area contributed by atoms with E-state index in [1.807, 2.05) is 20.8 Å². The fraction of sp³-hybridized carbons (Fsp3) is 0.600. The molecule has 1 aromatic rings. The highest BCUT2D eigenvalue weighted by Gasteiger charge is 2.16. The third-order valence-corrected chi connectivity index (χ3v) is 1.82. The maximum absolute atomic E-state index is 5.63. The minimum atomic E-state index is -0.183. The summed E-state index contributed by atoms with van der Waals surface area (Å²) in [4.78, 5) is 8.15. The van der Waals surface area contributed by atoms with Crippen molar-refractivity contribution >= 4 is 0 Å². The summed E-state index contributed by atoms with van der Waals surface area (Å²) < 4.78 is 5.63. The largest absolute Gasteiger partial charge is 0.374 e. The number of hydrogen-bond donors (Lipinski definition) is 2. The number of aromatic nitrogens is 2. The average molecular weight is 210 g/mol. The van der Waals surface area contributed by atoms with Crippen molar-refractivity contribution in [3.05, 3.63) is 24.3 Å². The van der Waals surface area contributed by atoms with Crippen LogP contribution in [0.15, 0.2) is 18.6 Å². The zero-order chi connectivity index (χ0) is 11.3. The molecule has 0 bridgehead atoms. The van der Waals surface area contributed by atoms with Gasteiger partial charge in [0.15, 0.2) is 0 Å². The molecule has 5 nitrogen and oxygen atoms in total. The quantitative estimate of drug-likeness (QED) is 0.568. The lowest BCUT2D eigenvalue weighted by molar-refractivity contribution is -0.0153. The molecule has 5 heteroatoms. The lowest BCUT2D eigenvalue weighted by Crippen LogP contribution is -2.34. The maximum atomic E-state index is 5.63. The molecule has 3 N–H and O–H groups in total. The molecular formula is C10H18N4O. The van der Waals surface area contributed by atoms with Gasteiger partial charge >= 0.3 is 0 Å². The second-order valence-electron chi connectivity index (χ2n) is 4.27. The van der Waals surface area contributed by atoms with Gasteiger partial charge in [0.1, 0.15) is 0 Å². The number of nitrogens with one attached hydrogen (secondary N) is 1. The van der Waals surface area contributed by atoms with Crippen molar-refractivity contribution in [2.75, 3.05) is 6.61 Å². The van der Waals surface area contributed by atoms with E-state index in [9.17, 15) is 0 Å². The molecule has 0 fully saturated rings. The Hall–Kier alpha value is -1.04. The number of ether oxygens (including phenoxy) is 1. The number of hydrogen-bond acceptors (Lipinski definition) is 5. The van der Waals surface area contributed by atoms with Gasteiger partial charge in [-0.25, -0.2) is 5.43 Å². The Balaban J connectivity index is 2.58. The summed E-state index contributed by atoms with van der Waals surface area (Å²) in [6, 6.07) is -0.127. The Morgan fingerprint density at radius 1 is 1.47 bits per heavy atom. The van der Waals surface area contributed by atoms with Gasteiger partial charge in [-0.15, -0.1) is 0 Å². The molecule has 1 heterocycles. The van der Waals surface area contributed by atoms with Crippen molar-refractivity contribution in [2.45, 2.75) is 32.4 Å². The first-order chi connectivity index (χ1) is 7.03. The number of rotatable bonds is 4. The minimum Gasteiger partial charge on any atom is -0.374 e. The molecule has 15 heavy (non-hydrogen) atoms. The summed E-state index contributed by atoms with van der Waals surface area (Å²) >= 11 is 0. The van der Waals surface area contributed by atoms with Gasteiger partial charge in [-0.1, -0.05) is 0 Å². The van der Waals surface area contributed by atoms with Crippen LogP contribution in [0.25, 0.3) is 0 Å². The van der Waals surface area contributed by atoms with Crippen LogP contribution in [-0.2, 0) is 4.74 Å². The van der Waals surface area contributed by atoms with Gasteiger partial charge in [0.2, 0.25) is 0 Å². The average Bonchev–Trinajstić information content (AvgIpc) is 2.19. The predicted octanol–water partition coefficient (Wildman–Crippen LogP) is 0.796. The summed E-state index contributed by atoms with van der Waals surface area (Å²) in [5, 5.41) is 0. The van der Waals surface area contributed by atoms with Crippen molar-refractivity contribution in [3.8, 4) is 0 Å². The van der Waals surface area contributed by atoms with Gasteiger partial charge < -0.3 is 4.74 Å². The van der Waals surface area contributed by atoms with Crippen LogP contribution in [0, 0.1) is 0 Å². The van der Waals surface area contributed by atoms with E-state index in [0.29, 0.717) is 6.61 Å². The van der Waals surface area contributed by atoms with Crippen LogP contribution in [0.2, 0.25) is 0 Å². The van der Waals surface area contributed by atoms with E-state index in [-0.39, 0.29) is 11.6 Å². The second kappa shape index (κ2) is 5.16. The highest BCUT2D eigenvalue weighted by Crippen LogP contribution is 2.13. The molecule has 0 saturated heterocycles. The molecule has 0 saturated carbocycles. The molecule has 1 atom stereocenters. The Labute approximate surface area is 90.0 Å². The lowest BCUT2D eigenvalue weighted by atomic mass is 10.2. The molecule has 0 aliphatic carbocycles. The molecular weight excluding hydrogens is 192 g/mol. The van der Waals surface area contributed by atoms with E-state index in [2.05, 4.69) is 15.4 Å². The van der Waals surface area contributed by atoms with Crippen LogP contribution in [0.3, 0.4) is 0 Å². The smallest absolute Gasteiger partial charge is 0.0881 e. The number of nitrogens with two attached hydrogens (primary N) is 1. The zero-order valence-electron chi connectivity index (χ0n) is 9.40. The Morgan fingerprint density at radius 3 is 2.67 bits per heavy atom. The maximum Gasteiger partial charge on any atom is 0.0881 e. The second-order valence-corrected chi connectivity index (χ2v) is 4.27. The van der Waals surface area contributed by atoms with Crippen molar-refractivity contribution in [2.24, 2.45) is 5.84 Å². The molecule has 0 amide bonds. The molecule has 84 valence electrons. The van der Waals surface area contributed by atoms with Crippen LogP contribution in [0.5, 0.6) is 0 Å². The summed E-state index contributed by atoms with van der Waals surface area (Å²) in [6.07, 6.45) is 4.94. The van der Waals surface area contributed by atoms with Gasteiger partial charge in [-0.2, -0.15) is 0 Å². The van der Waals surface area contributed by atoms with Gasteiger partial charge in [0, 0.05) is 12.4 Å². The number of hydrazine groups is 1. The van der Waals surface area contributed by atoms with E-state index >= 15 is 0 Å². The van der Waals surface area contributed by atoms with E-state index in [1.165, 1.54) is 0 Å². The van der Waals surface area contributed by atoms with E-state index in [1.54, 1.807) is 18.6 Å². The molecule has 1 rings (SSSR count). The fourth-order valence-corrected chi connectivity index (χ4v) is 1.04. The highest BCUT2D eigenvalue weighted by atomic mass is 16.5. The molecule has 0 radical (unpaired) electrons. The van der Waals surface area contributed by atoms with E-state index < -0.39 is 0 Å². The predicted molar refractivity (Wildman–Crippen MR) is 57.8 cm³/mol. The third kappa shape index (κ3) is 4.33. The Morgan fingerprint density at radius 2 is 2.20 bits per heavy atom. The molecule has 0 aliphatic heterocycles. The lowest BCUT2D eigenvalue weighted by Gasteiger charge is -2.23. The van der Waals surface area contributed by atoms with Gasteiger partial charge in [-0.05, 0) is 20.8 Å². The van der Waals surface area contributed by atoms with Crippen LogP contribution < -0.4 is 11.3 Å². The normalized spacial score (nSPS) is 13.9. The van der Waals surface area contributed by atoms with Crippen LogP contribution in [0.1, 0.15) is 32.5 Å². The SMILES string of the molecule is CC(C)(C)OCC(NN)c1cnccn1. The molecule has 0 aromatic carbocycles. The monoisotopic (exact) mass is 210 g/mol. The summed E-state index contributed by atoms with van der Waals surface area (Å²) in [5.41, 5.74) is 3.26. The third-order valence-electron chi connectivity index (χ3n) is 1.82. The number of nitrogens with zero attached hydrogens (tertiary/aromatic N) is 2. The summed E-state index contributed by atoms with van der Waals surface area (Å²) in [5.74, 6) is 5.44. The van der Waals surface area contributed by atoms with Crippen molar-refractivity contribution in [1.82, 2.24) is 15.4 Å². The van der Waals surface area contributed by atoms with E-state index in [4.69, 9.17) is 10.6 Å². The van der Waals surface area contributed by atoms with Crippen molar-refractivity contribution in [1.29, 1.82) is 0 Å². The van der Waals surface area contributed by atoms with Gasteiger partial charge in [0.05, 0.1) is 30.1 Å². The van der Waals surface area contributed by atoms with Crippen LogP contribution in [0.4, 0.5) is 0 Å².